The molecular formula is C11H22N2O4S. The van der Waals surface area contributed by atoms with E-state index in [9.17, 15) is 13.2 Å². The van der Waals surface area contributed by atoms with Gasteiger partial charge in [-0.15, -0.1) is 0 Å². The number of hydrogen-bond acceptors (Lipinski definition) is 3. The van der Waals surface area contributed by atoms with Gasteiger partial charge in [-0.1, -0.05) is 12.8 Å². The molecule has 0 aliphatic carbocycles. The van der Waals surface area contributed by atoms with E-state index in [2.05, 4.69) is 4.72 Å². The van der Waals surface area contributed by atoms with Crippen LogP contribution in [0.3, 0.4) is 0 Å². The van der Waals surface area contributed by atoms with E-state index in [0.29, 0.717) is 13.1 Å². The Bertz CT molecular complexity index is 384. The first-order valence-electron chi connectivity index (χ1n) is 6.24. The van der Waals surface area contributed by atoms with Crippen LogP contribution in [0, 0.1) is 5.41 Å². The number of nitrogens with one attached hydrogen (secondary N) is 1. The average Bonchev–Trinajstić information content (AvgIpc) is 2.55. The van der Waals surface area contributed by atoms with Crippen LogP contribution in [0.4, 0.5) is 0 Å². The molecule has 6 nitrogen and oxygen atoms in total. The maximum Gasteiger partial charge on any atom is 0.310 e. The predicted octanol–water partition coefficient (Wildman–Crippen LogP) is 0.808. The number of carbonyl (C=O) groups is 1. The van der Waals surface area contributed by atoms with Crippen molar-refractivity contribution in [3.8, 4) is 0 Å². The van der Waals surface area contributed by atoms with Crippen molar-refractivity contribution in [3.63, 3.8) is 0 Å². The van der Waals surface area contributed by atoms with Crippen LogP contribution < -0.4 is 4.72 Å². The van der Waals surface area contributed by atoms with Crippen LogP contribution in [0.15, 0.2) is 0 Å². The van der Waals surface area contributed by atoms with E-state index in [1.54, 1.807) is 0 Å². The van der Waals surface area contributed by atoms with E-state index in [1.165, 1.54) is 18.2 Å². The van der Waals surface area contributed by atoms with Crippen LogP contribution in [0.25, 0.3) is 0 Å². The van der Waals surface area contributed by atoms with Crippen LogP contribution in [-0.2, 0) is 15.0 Å². The van der Waals surface area contributed by atoms with Crippen molar-refractivity contribution in [2.75, 3.05) is 19.6 Å². The summed E-state index contributed by atoms with van der Waals surface area (Å²) in [4.78, 5) is 10.9. The number of aliphatic carboxylic acids is 1. The molecule has 0 spiro atoms. The monoisotopic (exact) mass is 278 g/mol. The molecule has 0 aromatic carbocycles. The van der Waals surface area contributed by atoms with Crippen LogP contribution >= 0.6 is 0 Å². The fraction of sp³-hybridized carbons (Fsp3) is 0.909. The smallest absolute Gasteiger partial charge is 0.310 e. The molecule has 106 valence electrons. The maximum atomic E-state index is 12.0. The quantitative estimate of drug-likeness (QED) is 0.779. The van der Waals surface area contributed by atoms with Gasteiger partial charge in [-0.25, -0.2) is 4.72 Å². The highest BCUT2D eigenvalue weighted by atomic mass is 32.2. The predicted molar refractivity (Wildman–Crippen MR) is 68.4 cm³/mol. The van der Waals surface area contributed by atoms with Crippen molar-refractivity contribution in [1.82, 2.24) is 9.03 Å². The van der Waals surface area contributed by atoms with E-state index >= 15 is 0 Å². The van der Waals surface area contributed by atoms with E-state index in [4.69, 9.17) is 5.11 Å². The Balaban J connectivity index is 2.61. The summed E-state index contributed by atoms with van der Waals surface area (Å²) in [5.41, 5.74) is -1.10. The zero-order chi connectivity index (χ0) is 13.8. The third-order valence-corrected chi connectivity index (χ3v) is 4.73. The third kappa shape index (κ3) is 4.22. The van der Waals surface area contributed by atoms with E-state index < -0.39 is 21.6 Å². The van der Waals surface area contributed by atoms with Crippen molar-refractivity contribution in [2.24, 2.45) is 5.41 Å². The summed E-state index contributed by atoms with van der Waals surface area (Å²) in [6.45, 7) is 3.94. The molecule has 1 rings (SSSR count). The Morgan fingerprint density at radius 2 is 1.72 bits per heavy atom. The van der Waals surface area contributed by atoms with Gasteiger partial charge in [0.05, 0.1) is 5.41 Å². The Morgan fingerprint density at radius 3 is 2.17 bits per heavy atom. The summed E-state index contributed by atoms with van der Waals surface area (Å²) in [6, 6.07) is 0. The van der Waals surface area contributed by atoms with Gasteiger partial charge in [0, 0.05) is 19.6 Å². The minimum absolute atomic E-state index is 0.0961. The minimum atomic E-state index is -3.55. The van der Waals surface area contributed by atoms with E-state index in [-0.39, 0.29) is 6.54 Å². The maximum absolute atomic E-state index is 12.0. The molecule has 0 radical (unpaired) electrons. The second-order valence-electron chi connectivity index (χ2n) is 5.33. The SMILES string of the molecule is CC(C)(CNS(=O)(=O)N1CCCCCC1)C(=O)O. The number of rotatable bonds is 5. The normalized spacial score (nSPS) is 19.4. The fourth-order valence-corrected chi connectivity index (χ4v) is 3.19. The van der Waals surface area contributed by atoms with Gasteiger partial charge in [0.1, 0.15) is 0 Å². The second-order valence-corrected chi connectivity index (χ2v) is 7.08. The molecule has 1 heterocycles. The topological polar surface area (TPSA) is 86.7 Å². The van der Waals surface area contributed by atoms with Crippen molar-refractivity contribution < 1.29 is 18.3 Å². The Hall–Kier alpha value is -0.660. The first kappa shape index (κ1) is 15.4. The lowest BCUT2D eigenvalue weighted by Gasteiger charge is -2.24. The lowest BCUT2D eigenvalue weighted by Crippen LogP contribution is -2.46. The van der Waals surface area contributed by atoms with Crippen molar-refractivity contribution in [1.29, 1.82) is 0 Å². The van der Waals surface area contributed by atoms with Crippen molar-refractivity contribution >= 4 is 16.2 Å². The van der Waals surface area contributed by atoms with Gasteiger partial charge < -0.3 is 5.11 Å². The molecule has 0 atom stereocenters. The fourth-order valence-electron chi connectivity index (χ4n) is 1.72. The van der Waals surface area contributed by atoms with Crippen LogP contribution in [0.5, 0.6) is 0 Å². The van der Waals surface area contributed by atoms with Crippen LogP contribution in [-0.4, -0.2) is 43.4 Å². The number of hydrogen-bond donors (Lipinski definition) is 2. The molecule has 0 amide bonds. The van der Waals surface area contributed by atoms with Crippen molar-refractivity contribution in [2.45, 2.75) is 39.5 Å². The van der Waals surface area contributed by atoms with Crippen molar-refractivity contribution in [3.05, 3.63) is 0 Å². The lowest BCUT2D eigenvalue weighted by atomic mass is 9.95. The molecule has 2 N–H and O–H groups in total. The summed E-state index contributed by atoms with van der Waals surface area (Å²) < 4.78 is 27.9. The number of nitrogens with zero attached hydrogens (tertiary/aromatic N) is 1. The average molecular weight is 278 g/mol. The van der Waals surface area contributed by atoms with Gasteiger partial charge in [-0.3, -0.25) is 4.79 Å². The van der Waals surface area contributed by atoms with Gasteiger partial charge in [-0.05, 0) is 26.7 Å². The second kappa shape index (κ2) is 5.99. The molecule has 7 heteroatoms. The van der Waals surface area contributed by atoms with Gasteiger partial charge >= 0.3 is 5.97 Å². The van der Waals surface area contributed by atoms with E-state index in [1.807, 2.05) is 0 Å². The summed E-state index contributed by atoms with van der Waals surface area (Å²) in [5, 5.41) is 8.95. The number of carboxylic acids is 1. The molecule has 1 saturated heterocycles. The van der Waals surface area contributed by atoms with Gasteiger partial charge in [0.2, 0.25) is 0 Å². The molecule has 0 aromatic heterocycles. The first-order valence-corrected chi connectivity index (χ1v) is 7.68. The number of carboxylic acid groups (broad SMARTS) is 1. The summed E-state index contributed by atoms with van der Waals surface area (Å²) in [5.74, 6) is -1.01. The van der Waals surface area contributed by atoms with Crippen LogP contribution in [0.1, 0.15) is 39.5 Å². The molecule has 0 bridgehead atoms. The molecule has 1 fully saturated rings. The Kier molecular flexibility index (Phi) is 5.12. The standard InChI is InChI=1S/C11H22N2O4S/c1-11(2,10(14)15)9-12-18(16,17)13-7-5-3-4-6-8-13/h12H,3-9H2,1-2H3,(H,14,15). The summed E-state index contributed by atoms with van der Waals surface area (Å²) in [7, 11) is -3.55. The van der Waals surface area contributed by atoms with E-state index in [0.717, 1.165) is 25.7 Å². The highest BCUT2D eigenvalue weighted by Crippen LogP contribution is 2.16. The lowest BCUT2D eigenvalue weighted by molar-refractivity contribution is -0.146. The molecular weight excluding hydrogens is 256 g/mol. The zero-order valence-corrected chi connectivity index (χ0v) is 11.8. The Morgan fingerprint density at radius 1 is 1.22 bits per heavy atom. The molecule has 0 unspecified atom stereocenters. The van der Waals surface area contributed by atoms with Gasteiger partial charge in [0.25, 0.3) is 10.2 Å². The summed E-state index contributed by atoms with van der Waals surface area (Å²) in [6.07, 6.45) is 3.83. The first-order chi connectivity index (χ1) is 8.26. The summed E-state index contributed by atoms with van der Waals surface area (Å²) >= 11 is 0. The third-order valence-electron chi connectivity index (χ3n) is 3.18. The molecule has 0 saturated carbocycles. The highest BCUT2D eigenvalue weighted by molar-refractivity contribution is 7.87. The largest absolute Gasteiger partial charge is 0.481 e. The highest BCUT2D eigenvalue weighted by Gasteiger charge is 2.31. The molecule has 18 heavy (non-hydrogen) atoms. The zero-order valence-electron chi connectivity index (χ0n) is 11.0. The van der Waals surface area contributed by atoms with Gasteiger partial charge in [0.15, 0.2) is 0 Å². The molecule has 1 aliphatic rings. The van der Waals surface area contributed by atoms with Crippen LogP contribution in [0.2, 0.25) is 0 Å². The molecule has 0 aromatic rings. The molecule has 1 aliphatic heterocycles. The van der Waals surface area contributed by atoms with Gasteiger partial charge in [-0.2, -0.15) is 12.7 Å². The Labute approximate surface area is 109 Å². The minimum Gasteiger partial charge on any atom is -0.481 e.